The SMILES string of the molecule is Cc1n[nH]c(C)c1-c1ccc(NC(=O)C(N)=C(C2CC2)C2CC2)cc1.Cl.Cl. The highest BCUT2D eigenvalue weighted by Gasteiger charge is 2.39. The molecule has 5 nitrogen and oxygen atoms in total. The van der Waals surface area contributed by atoms with Gasteiger partial charge in [0.2, 0.25) is 0 Å². The summed E-state index contributed by atoms with van der Waals surface area (Å²) in [6.45, 7) is 3.99. The molecular weight excluding hydrogens is 383 g/mol. The number of carbonyl (C=O) groups excluding carboxylic acids is 1. The first-order valence-electron chi connectivity index (χ1n) is 8.97. The summed E-state index contributed by atoms with van der Waals surface area (Å²) in [6.07, 6.45) is 4.71. The van der Waals surface area contributed by atoms with E-state index in [1.165, 1.54) is 31.3 Å². The smallest absolute Gasteiger partial charge is 0.271 e. The molecule has 0 radical (unpaired) electrons. The minimum Gasteiger partial charge on any atom is -0.394 e. The van der Waals surface area contributed by atoms with Gasteiger partial charge in [-0.15, -0.1) is 24.8 Å². The fourth-order valence-electron chi connectivity index (χ4n) is 3.59. The summed E-state index contributed by atoms with van der Waals surface area (Å²) < 4.78 is 0. The second-order valence-corrected chi connectivity index (χ2v) is 7.26. The molecule has 0 unspecified atom stereocenters. The standard InChI is InChI=1S/C20H24N4O.2ClH/c1-11-17(12(2)24-23-11)13-7-9-16(10-8-13)22-20(25)19(21)18(14-3-4-14)15-5-6-15;;/h7-10,14-15H,3-6,21H2,1-2H3,(H,22,25)(H,23,24);2*1H. The number of nitrogens with zero attached hydrogens (tertiary/aromatic N) is 1. The van der Waals surface area contributed by atoms with Gasteiger partial charge in [-0.2, -0.15) is 5.10 Å². The normalized spacial score (nSPS) is 15.3. The summed E-state index contributed by atoms with van der Waals surface area (Å²) in [5, 5.41) is 10.2. The maximum atomic E-state index is 12.5. The Kier molecular flexibility index (Phi) is 6.60. The molecule has 27 heavy (non-hydrogen) atoms. The van der Waals surface area contributed by atoms with Crippen LogP contribution in [0.5, 0.6) is 0 Å². The van der Waals surface area contributed by atoms with Crippen LogP contribution in [0.15, 0.2) is 35.5 Å². The minimum absolute atomic E-state index is 0. The van der Waals surface area contributed by atoms with Crippen molar-refractivity contribution >= 4 is 36.4 Å². The number of allylic oxidation sites excluding steroid dienone is 1. The van der Waals surface area contributed by atoms with Gasteiger partial charge in [0.1, 0.15) is 0 Å². The van der Waals surface area contributed by atoms with Crippen LogP contribution < -0.4 is 11.1 Å². The van der Waals surface area contributed by atoms with Crippen molar-refractivity contribution in [2.75, 3.05) is 5.32 Å². The Labute approximate surface area is 172 Å². The van der Waals surface area contributed by atoms with E-state index in [1.807, 2.05) is 38.1 Å². The van der Waals surface area contributed by atoms with Gasteiger partial charge in [0, 0.05) is 16.9 Å². The van der Waals surface area contributed by atoms with E-state index in [-0.39, 0.29) is 30.7 Å². The lowest BCUT2D eigenvalue weighted by atomic mass is 10.0. The molecule has 1 heterocycles. The molecule has 0 atom stereocenters. The molecule has 0 spiro atoms. The fourth-order valence-corrected chi connectivity index (χ4v) is 3.59. The summed E-state index contributed by atoms with van der Waals surface area (Å²) in [5.41, 5.74) is 12.8. The predicted molar refractivity (Wildman–Crippen MR) is 113 cm³/mol. The van der Waals surface area contributed by atoms with Crippen molar-refractivity contribution in [3.8, 4) is 11.1 Å². The molecular formula is C20H26Cl2N4O. The quantitative estimate of drug-likeness (QED) is 0.636. The molecule has 146 valence electrons. The average molecular weight is 409 g/mol. The number of benzene rings is 1. The third-order valence-corrected chi connectivity index (χ3v) is 5.15. The summed E-state index contributed by atoms with van der Waals surface area (Å²) >= 11 is 0. The van der Waals surface area contributed by atoms with Crippen LogP contribution in [-0.4, -0.2) is 16.1 Å². The molecule has 7 heteroatoms. The van der Waals surface area contributed by atoms with E-state index in [9.17, 15) is 4.79 Å². The van der Waals surface area contributed by atoms with Crippen molar-refractivity contribution in [3.05, 3.63) is 46.9 Å². The molecule has 4 rings (SSSR count). The van der Waals surface area contributed by atoms with E-state index in [0.29, 0.717) is 17.5 Å². The third kappa shape index (κ3) is 4.47. The molecule has 2 aliphatic carbocycles. The highest BCUT2D eigenvalue weighted by molar-refractivity contribution is 6.03. The lowest BCUT2D eigenvalue weighted by Crippen LogP contribution is -2.23. The van der Waals surface area contributed by atoms with Crippen LogP contribution in [-0.2, 0) is 4.79 Å². The van der Waals surface area contributed by atoms with Crippen LogP contribution in [0.4, 0.5) is 5.69 Å². The zero-order valence-electron chi connectivity index (χ0n) is 15.5. The Morgan fingerprint density at radius 2 is 1.63 bits per heavy atom. The number of nitrogens with two attached hydrogens (primary N) is 1. The van der Waals surface area contributed by atoms with Gasteiger partial charge in [0.25, 0.3) is 5.91 Å². The maximum Gasteiger partial charge on any atom is 0.271 e. The monoisotopic (exact) mass is 408 g/mol. The average Bonchev–Trinajstić information content (AvgIpc) is 3.51. The number of halogens is 2. The Balaban J connectivity index is 0.00000131. The third-order valence-electron chi connectivity index (χ3n) is 5.15. The number of H-pyrrole nitrogens is 1. The topological polar surface area (TPSA) is 83.8 Å². The molecule has 0 bridgehead atoms. The first-order chi connectivity index (χ1) is 12.0. The molecule has 1 aromatic carbocycles. The van der Waals surface area contributed by atoms with Crippen LogP contribution >= 0.6 is 24.8 Å². The van der Waals surface area contributed by atoms with Crippen LogP contribution in [0.25, 0.3) is 11.1 Å². The Morgan fingerprint density at radius 1 is 1.07 bits per heavy atom. The Hall–Kier alpha value is -1.98. The largest absolute Gasteiger partial charge is 0.394 e. The second-order valence-electron chi connectivity index (χ2n) is 7.26. The predicted octanol–water partition coefficient (Wildman–Crippen LogP) is 4.51. The van der Waals surface area contributed by atoms with E-state index >= 15 is 0 Å². The lowest BCUT2D eigenvalue weighted by molar-refractivity contribution is -0.113. The number of aromatic nitrogens is 2. The van der Waals surface area contributed by atoms with Crippen LogP contribution in [0, 0.1) is 25.7 Å². The van der Waals surface area contributed by atoms with E-state index in [4.69, 9.17) is 5.73 Å². The minimum atomic E-state index is -0.169. The van der Waals surface area contributed by atoms with Crippen molar-refractivity contribution in [1.82, 2.24) is 10.2 Å². The van der Waals surface area contributed by atoms with Gasteiger partial charge in [-0.25, -0.2) is 0 Å². The molecule has 0 saturated heterocycles. The van der Waals surface area contributed by atoms with Crippen molar-refractivity contribution in [2.45, 2.75) is 39.5 Å². The van der Waals surface area contributed by atoms with Gasteiger partial charge in [0.15, 0.2) is 0 Å². The van der Waals surface area contributed by atoms with E-state index in [2.05, 4.69) is 15.5 Å². The highest BCUT2D eigenvalue weighted by Crippen LogP contribution is 2.49. The lowest BCUT2D eigenvalue weighted by Gasteiger charge is -2.11. The zero-order chi connectivity index (χ0) is 17.6. The number of rotatable bonds is 5. The number of anilines is 1. The molecule has 1 amide bonds. The molecule has 4 N–H and O–H groups in total. The maximum absolute atomic E-state index is 12.5. The molecule has 2 fully saturated rings. The summed E-state index contributed by atoms with van der Waals surface area (Å²) in [6, 6.07) is 7.84. The number of carbonyl (C=O) groups is 1. The van der Waals surface area contributed by atoms with Crippen LogP contribution in [0.2, 0.25) is 0 Å². The molecule has 2 saturated carbocycles. The van der Waals surface area contributed by atoms with Crippen LogP contribution in [0.3, 0.4) is 0 Å². The summed E-state index contributed by atoms with van der Waals surface area (Å²) in [7, 11) is 0. The van der Waals surface area contributed by atoms with Gasteiger partial charge in [-0.1, -0.05) is 12.1 Å². The molecule has 0 aliphatic heterocycles. The van der Waals surface area contributed by atoms with Gasteiger partial charge in [-0.05, 0) is 74.6 Å². The molecule has 2 aromatic rings. The Morgan fingerprint density at radius 3 is 2.07 bits per heavy atom. The van der Waals surface area contributed by atoms with Crippen molar-refractivity contribution in [3.63, 3.8) is 0 Å². The first kappa shape index (κ1) is 21.3. The number of nitrogens with one attached hydrogen (secondary N) is 2. The van der Waals surface area contributed by atoms with Crippen molar-refractivity contribution in [2.24, 2.45) is 17.6 Å². The van der Waals surface area contributed by atoms with Crippen molar-refractivity contribution < 1.29 is 4.79 Å². The fraction of sp³-hybridized carbons (Fsp3) is 0.400. The number of aryl methyl sites for hydroxylation is 2. The van der Waals surface area contributed by atoms with Crippen molar-refractivity contribution in [1.29, 1.82) is 0 Å². The van der Waals surface area contributed by atoms with Gasteiger partial charge < -0.3 is 11.1 Å². The van der Waals surface area contributed by atoms with E-state index in [0.717, 1.165) is 28.2 Å². The molecule has 2 aliphatic rings. The number of hydrogen-bond donors (Lipinski definition) is 3. The number of aromatic amines is 1. The first-order valence-corrected chi connectivity index (χ1v) is 8.97. The number of hydrogen-bond acceptors (Lipinski definition) is 3. The van der Waals surface area contributed by atoms with E-state index in [1.54, 1.807) is 0 Å². The summed E-state index contributed by atoms with van der Waals surface area (Å²) in [4.78, 5) is 12.5. The summed E-state index contributed by atoms with van der Waals surface area (Å²) in [5.74, 6) is 0.928. The second kappa shape index (κ2) is 8.36. The highest BCUT2D eigenvalue weighted by atomic mass is 35.5. The molecule has 1 aromatic heterocycles. The van der Waals surface area contributed by atoms with E-state index < -0.39 is 0 Å². The van der Waals surface area contributed by atoms with Gasteiger partial charge in [-0.3, -0.25) is 9.89 Å². The van der Waals surface area contributed by atoms with Gasteiger partial charge in [0.05, 0.1) is 11.4 Å². The number of amides is 1. The zero-order valence-corrected chi connectivity index (χ0v) is 17.2. The Bertz CT molecular complexity index is 816. The van der Waals surface area contributed by atoms with Crippen LogP contribution in [0.1, 0.15) is 37.1 Å². The van der Waals surface area contributed by atoms with Gasteiger partial charge >= 0.3 is 0 Å².